The van der Waals surface area contributed by atoms with Crippen LogP contribution in [0.5, 0.6) is 5.75 Å². The van der Waals surface area contributed by atoms with Crippen LogP contribution in [0.4, 0.5) is 0 Å². The third kappa shape index (κ3) is 23.3. The molecule has 0 heterocycles. The number of aliphatic carboxylic acids is 3. The van der Waals surface area contributed by atoms with Gasteiger partial charge in [0.25, 0.3) is 0 Å². The number of rotatable bonds is 33. The standard InChI is InChI=1S/C43H66N10O19S/c1-18(2)13-28(43(71)72)50-37(65)24(9-11-30(45)58)47-41(69)33(19(3)55)52-39(67)26(14-21-5-7-22(57)8-6-21)49-42(70)34(20(4)56)53-40(68)29(16-54)51-38(66)27(15-32(61)62)48-36(64)25(10-12-31(59)60)46-35(63)23(44)17-73/h5-8,18-20,23-29,33-34,54-57,73H,9-17,44H2,1-4H3,(H2,45,58)(H,46,63)(H,47,69)(H,48,64)(H,49,70)(H,50,65)(H,51,66)(H,52,67)(H,53,68)(H,59,60)(H,61,62)(H,71,72)/t19-,20-,23+,24+,25+,26+,27+,28+,29+,33+,34+/m1/s1. The molecule has 1 aromatic carbocycles. The highest BCUT2D eigenvalue weighted by Crippen LogP contribution is 2.13. The van der Waals surface area contributed by atoms with Gasteiger partial charge in [-0.3, -0.25) is 52.7 Å². The molecule has 0 aliphatic carbocycles. The molecule has 0 unspecified atom stereocenters. The highest BCUT2D eigenvalue weighted by atomic mass is 32.1. The van der Waals surface area contributed by atoms with Crippen molar-refractivity contribution in [1.29, 1.82) is 0 Å². The fourth-order valence-corrected chi connectivity index (χ4v) is 6.63. The topological polar surface area (TPSA) is 495 Å². The zero-order valence-electron chi connectivity index (χ0n) is 40.2. The number of hydrogen-bond donors (Lipinski definition) is 18. The number of aliphatic hydroxyl groups is 3. The summed E-state index contributed by atoms with van der Waals surface area (Å²) in [5.74, 6) is -15.8. The summed E-state index contributed by atoms with van der Waals surface area (Å²) < 4.78 is 0. The highest BCUT2D eigenvalue weighted by Gasteiger charge is 2.37. The molecule has 1 rings (SSSR count). The Balaban J connectivity index is 3.48. The van der Waals surface area contributed by atoms with Crippen LogP contribution < -0.4 is 54.0 Å². The predicted molar refractivity (Wildman–Crippen MR) is 254 cm³/mol. The number of carboxylic acid groups (broad SMARTS) is 3. The molecule has 0 aromatic heterocycles. The van der Waals surface area contributed by atoms with E-state index in [9.17, 15) is 88.2 Å². The van der Waals surface area contributed by atoms with Gasteiger partial charge >= 0.3 is 17.9 Å². The van der Waals surface area contributed by atoms with Crippen molar-refractivity contribution >= 4 is 83.7 Å². The number of phenolic OH excluding ortho intramolecular Hbond substituents is 1. The Hall–Kier alpha value is -7.15. The Kier molecular flexibility index (Phi) is 27.4. The minimum absolute atomic E-state index is 0.0231. The van der Waals surface area contributed by atoms with Crippen molar-refractivity contribution in [2.75, 3.05) is 12.4 Å². The van der Waals surface area contributed by atoms with Crippen molar-refractivity contribution < 1.29 is 93.3 Å². The number of benzene rings is 1. The maximum absolute atomic E-state index is 14.0. The molecular formula is C43H66N10O19S. The number of nitrogens with one attached hydrogen (secondary N) is 8. The predicted octanol–water partition coefficient (Wildman–Crippen LogP) is -6.44. The molecule has 408 valence electrons. The Morgan fingerprint density at radius 2 is 0.959 bits per heavy atom. The number of aliphatic hydroxyl groups excluding tert-OH is 3. The molecule has 30 heteroatoms. The summed E-state index contributed by atoms with van der Waals surface area (Å²) in [5.41, 5.74) is 11.1. The maximum atomic E-state index is 14.0. The van der Waals surface area contributed by atoms with Crippen LogP contribution >= 0.6 is 12.6 Å². The van der Waals surface area contributed by atoms with Crippen molar-refractivity contribution in [3.63, 3.8) is 0 Å². The average Bonchev–Trinajstić information content (AvgIpc) is 3.30. The first-order valence-corrected chi connectivity index (χ1v) is 23.1. The summed E-state index contributed by atoms with van der Waals surface area (Å²) in [4.78, 5) is 154. The second kappa shape index (κ2) is 31.3. The fourth-order valence-electron chi connectivity index (χ4n) is 6.46. The lowest BCUT2D eigenvalue weighted by atomic mass is 10.0. The normalized spacial score (nSPS) is 15.6. The minimum Gasteiger partial charge on any atom is -0.508 e. The first-order valence-electron chi connectivity index (χ1n) is 22.5. The van der Waals surface area contributed by atoms with Gasteiger partial charge < -0.3 is 89.7 Å². The number of hydrogen-bond acceptors (Lipinski definition) is 18. The van der Waals surface area contributed by atoms with Crippen LogP contribution in [0.2, 0.25) is 0 Å². The van der Waals surface area contributed by atoms with Crippen LogP contribution in [0.15, 0.2) is 24.3 Å². The van der Waals surface area contributed by atoms with E-state index in [1.807, 2.05) is 10.6 Å². The number of carbonyl (C=O) groups is 12. The summed E-state index contributed by atoms with van der Waals surface area (Å²) in [5, 5.41) is 86.9. The summed E-state index contributed by atoms with van der Waals surface area (Å²) in [6, 6.07) is -10.7. The number of nitrogens with two attached hydrogens (primary N) is 2. The summed E-state index contributed by atoms with van der Waals surface area (Å²) in [7, 11) is 0. The van der Waals surface area contributed by atoms with Gasteiger partial charge in [-0.1, -0.05) is 26.0 Å². The lowest BCUT2D eigenvalue weighted by molar-refractivity contribution is -0.143. The molecule has 0 aliphatic heterocycles. The number of carbonyl (C=O) groups excluding carboxylic acids is 9. The lowest BCUT2D eigenvalue weighted by Gasteiger charge is -2.29. The molecule has 0 fully saturated rings. The Bertz CT molecular complexity index is 2130. The molecule has 19 N–H and O–H groups in total. The third-order valence-corrected chi connectivity index (χ3v) is 10.8. The van der Waals surface area contributed by atoms with Gasteiger partial charge in [0.2, 0.25) is 53.2 Å². The Morgan fingerprint density at radius 1 is 0.548 bits per heavy atom. The van der Waals surface area contributed by atoms with Crippen molar-refractivity contribution in [2.45, 2.75) is 139 Å². The number of aromatic hydroxyl groups is 1. The first-order chi connectivity index (χ1) is 34.0. The fraction of sp³-hybridized carbons (Fsp3) is 0.581. The van der Waals surface area contributed by atoms with Crippen LogP contribution in [0.1, 0.15) is 71.8 Å². The molecule has 0 spiro atoms. The van der Waals surface area contributed by atoms with Gasteiger partial charge in [-0.25, -0.2) is 4.79 Å². The number of phenols is 1. The summed E-state index contributed by atoms with van der Waals surface area (Å²) >= 11 is 3.88. The average molecular weight is 1060 g/mol. The summed E-state index contributed by atoms with van der Waals surface area (Å²) in [6.07, 6.45) is -7.37. The zero-order chi connectivity index (χ0) is 55.9. The first kappa shape index (κ1) is 63.9. The van der Waals surface area contributed by atoms with E-state index in [1.165, 1.54) is 24.3 Å². The molecule has 9 amide bonds. The van der Waals surface area contributed by atoms with Crippen molar-refractivity contribution in [2.24, 2.45) is 17.4 Å². The van der Waals surface area contributed by atoms with Crippen LogP contribution in [0, 0.1) is 5.92 Å². The highest BCUT2D eigenvalue weighted by molar-refractivity contribution is 7.80. The molecule has 0 saturated carbocycles. The van der Waals surface area contributed by atoms with Crippen molar-refractivity contribution in [3.05, 3.63) is 29.8 Å². The van der Waals surface area contributed by atoms with Gasteiger partial charge in [-0.15, -0.1) is 0 Å². The molecule has 29 nitrogen and oxygen atoms in total. The molecule has 11 atom stereocenters. The van der Waals surface area contributed by atoms with E-state index in [0.29, 0.717) is 0 Å². The van der Waals surface area contributed by atoms with Gasteiger partial charge in [0.05, 0.1) is 31.3 Å². The SMILES string of the molecule is CC(C)C[C@H](NC(=O)[C@H](CCC(N)=O)NC(=O)[C@@H](NC(=O)[C@H](Cc1ccc(O)cc1)NC(=O)[C@@H](NC(=O)[C@H](CO)NC(=O)[C@H](CC(=O)O)NC(=O)[C@H](CCC(=O)O)NC(=O)[C@@H](N)CS)[C@@H](C)O)[C@@H](C)O)C(=O)O. The van der Waals surface area contributed by atoms with Crippen LogP contribution in [0.3, 0.4) is 0 Å². The van der Waals surface area contributed by atoms with E-state index in [-0.39, 0.29) is 29.4 Å². The quantitative estimate of drug-likeness (QED) is 0.0291. The van der Waals surface area contributed by atoms with E-state index < -0.39 is 183 Å². The lowest BCUT2D eigenvalue weighted by Crippen LogP contribution is -2.63. The van der Waals surface area contributed by atoms with Crippen LogP contribution in [-0.4, -0.2) is 186 Å². The van der Waals surface area contributed by atoms with E-state index in [2.05, 4.69) is 44.5 Å². The summed E-state index contributed by atoms with van der Waals surface area (Å²) in [6.45, 7) is 4.19. The largest absolute Gasteiger partial charge is 0.508 e. The number of primary amides is 1. The molecule has 0 aliphatic rings. The van der Waals surface area contributed by atoms with Gasteiger partial charge in [0, 0.05) is 25.0 Å². The monoisotopic (exact) mass is 1060 g/mol. The molecule has 73 heavy (non-hydrogen) atoms. The van der Waals surface area contributed by atoms with Crippen molar-refractivity contribution in [3.8, 4) is 5.75 Å². The molecule has 0 bridgehead atoms. The van der Waals surface area contributed by atoms with Gasteiger partial charge in [0.15, 0.2) is 0 Å². The zero-order valence-corrected chi connectivity index (χ0v) is 41.1. The van der Waals surface area contributed by atoms with Gasteiger partial charge in [0.1, 0.15) is 54.1 Å². The molecule has 0 radical (unpaired) electrons. The molecule has 1 aromatic rings. The Labute approximate surface area is 423 Å². The maximum Gasteiger partial charge on any atom is 0.326 e. The number of carboxylic acids is 3. The van der Waals surface area contributed by atoms with E-state index in [0.717, 1.165) is 13.8 Å². The molecular weight excluding hydrogens is 993 g/mol. The number of thiol groups is 1. The van der Waals surface area contributed by atoms with E-state index >= 15 is 0 Å². The number of amides is 9. The van der Waals surface area contributed by atoms with Gasteiger partial charge in [-0.2, -0.15) is 12.6 Å². The van der Waals surface area contributed by atoms with E-state index in [1.54, 1.807) is 13.8 Å². The minimum atomic E-state index is -2.05. The second-order valence-electron chi connectivity index (χ2n) is 17.2. The smallest absolute Gasteiger partial charge is 0.326 e. The second-order valence-corrected chi connectivity index (χ2v) is 17.5. The van der Waals surface area contributed by atoms with Crippen molar-refractivity contribution in [1.82, 2.24) is 42.5 Å². The van der Waals surface area contributed by atoms with E-state index in [4.69, 9.17) is 16.6 Å². The third-order valence-electron chi connectivity index (χ3n) is 10.4. The van der Waals surface area contributed by atoms with Gasteiger partial charge in [-0.05, 0) is 56.7 Å². The molecule has 0 saturated heterocycles. The van der Waals surface area contributed by atoms with Crippen LogP contribution in [-0.2, 0) is 64.0 Å². The van der Waals surface area contributed by atoms with Crippen LogP contribution in [0.25, 0.3) is 0 Å². The Morgan fingerprint density at radius 3 is 1.38 bits per heavy atom.